The number of anilines is 1. The molecule has 1 rings (SSSR count). The number of pyridine rings is 1. The molecule has 0 amide bonds. The highest BCUT2D eigenvalue weighted by molar-refractivity contribution is 5.68. The van der Waals surface area contributed by atoms with Gasteiger partial charge in [-0.1, -0.05) is 13.8 Å². The van der Waals surface area contributed by atoms with E-state index in [1.165, 1.54) is 18.3 Å². The fourth-order valence-corrected chi connectivity index (χ4v) is 1.35. The average Bonchev–Trinajstić information content (AvgIpc) is 2.43. The molecule has 19 heavy (non-hydrogen) atoms. The molecule has 0 aliphatic carbocycles. The third kappa shape index (κ3) is 4.90. The molecule has 1 aromatic rings. The van der Waals surface area contributed by atoms with Crippen LogP contribution in [-0.2, 0) is 9.53 Å². The Labute approximate surface area is 111 Å². The lowest BCUT2D eigenvalue weighted by atomic mass is 10.2. The number of nitrogens with one attached hydrogen (secondary N) is 1. The van der Waals surface area contributed by atoms with Gasteiger partial charge in [-0.2, -0.15) is 0 Å². The van der Waals surface area contributed by atoms with Gasteiger partial charge in [0.2, 0.25) is 0 Å². The monoisotopic (exact) mass is 267 g/mol. The maximum atomic E-state index is 11.1. The van der Waals surface area contributed by atoms with Gasteiger partial charge >= 0.3 is 5.97 Å². The Balaban J connectivity index is 2.55. The van der Waals surface area contributed by atoms with Crippen molar-refractivity contribution >= 4 is 17.5 Å². The van der Waals surface area contributed by atoms with Gasteiger partial charge in [0.05, 0.1) is 11.0 Å². The van der Waals surface area contributed by atoms with E-state index in [0.29, 0.717) is 12.2 Å². The summed E-state index contributed by atoms with van der Waals surface area (Å²) in [6, 6.07) is 2.84. The van der Waals surface area contributed by atoms with Crippen molar-refractivity contribution in [3.8, 4) is 0 Å². The zero-order valence-electron chi connectivity index (χ0n) is 11.0. The smallest absolute Gasteiger partial charge is 0.305 e. The summed E-state index contributed by atoms with van der Waals surface area (Å²) >= 11 is 0. The van der Waals surface area contributed by atoms with Gasteiger partial charge in [0.1, 0.15) is 18.6 Å². The van der Waals surface area contributed by atoms with E-state index < -0.39 is 4.92 Å². The standard InChI is InChI=1S/C12H17N3O4/c1-3-9(8-19-12(16)4-2)14-11-6-5-10(7-13-11)15(17)18/h5-7,9H,3-4,8H2,1-2H3,(H,13,14). The molecule has 7 nitrogen and oxygen atoms in total. The third-order valence-corrected chi connectivity index (χ3v) is 2.54. The van der Waals surface area contributed by atoms with Crippen molar-refractivity contribution in [2.75, 3.05) is 11.9 Å². The Morgan fingerprint density at radius 3 is 2.74 bits per heavy atom. The Hall–Kier alpha value is -2.18. The zero-order chi connectivity index (χ0) is 14.3. The molecule has 104 valence electrons. The Kier molecular flexibility index (Phi) is 5.72. The van der Waals surface area contributed by atoms with Crippen LogP contribution in [0.15, 0.2) is 18.3 Å². The van der Waals surface area contributed by atoms with E-state index in [0.717, 1.165) is 6.42 Å². The summed E-state index contributed by atoms with van der Waals surface area (Å²) in [6.45, 7) is 3.93. The molecule has 0 bridgehead atoms. The fourth-order valence-electron chi connectivity index (χ4n) is 1.35. The second kappa shape index (κ2) is 7.30. The minimum Gasteiger partial charge on any atom is -0.463 e. The molecule has 1 unspecified atom stereocenters. The number of esters is 1. The Bertz CT molecular complexity index is 433. The average molecular weight is 267 g/mol. The molecular weight excluding hydrogens is 250 g/mol. The minimum atomic E-state index is -0.503. The van der Waals surface area contributed by atoms with Crippen molar-refractivity contribution in [1.82, 2.24) is 4.98 Å². The second-order valence-corrected chi connectivity index (χ2v) is 3.94. The summed E-state index contributed by atoms with van der Waals surface area (Å²) in [7, 11) is 0. The Morgan fingerprint density at radius 1 is 1.53 bits per heavy atom. The van der Waals surface area contributed by atoms with Crippen molar-refractivity contribution in [3.63, 3.8) is 0 Å². The maximum absolute atomic E-state index is 11.1. The second-order valence-electron chi connectivity index (χ2n) is 3.94. The van der Waals surface area contributed by atoms with Crippen LogP contribution in [0.4, 0.5) is 11.5 Å². The number of hydrogen-bond acceptors (Lipinski definition) is 6. The van der Waals surface area contributed by atoms with Crippen LogP contribution in [0.1, 0.15) is 26.7 Å². The van der Waals surface area contributed by atoms with Crippen LogP contribution in [0.3, 0.4) is 0 Å². The van der Waals surface area contributed by atoms with Crippen molar-refractivity contribution in [3.05, 3.63) is 28.4 Å². The zero-order valence-corrected chi connectivity index (χ0v) is 11.0. The number of nitrogens with zero attached hydrogens (tertiary/aromatic N) is 2. The molecule has 0 fully saturated rings. The van der Waals surface area contributed by atoms with Gasteiger partial charge in [0.25, 0.3) is 5.69 Å². The first-order valence-electron chi connectivity index (χ1n) is 6.09. The van der Waals surface area contributed by atoms with E-state index in [2.05, 4.69) is 10.3 Å². The number of nitro groups is 1. The lowest BCUT2D eigenvalue weighted by molar-refractivity contribution is -0.385. The molecular formula is C12H17N3O4. The first-order chi connectivity index (χ1) is 9.06. The summed E-state index contributed by atoms with van der Waals surface area (Å²) in [4.78, 5) is 25.0. The summed E-state index contributed by atoms with van der Waals surface area (Å²) in [5.74, 6) is 0.266. The van der Waals surface area contributed by atoms with Crippen molar-refractivity contribution in [2.45, 2.75) is 32.7 Å². The lowest BCUT2D eigenvalue weighted by Crippen LogP contribution is -2.26. The number of hydrogen-bond donors (Lipinski definition) is 1. The van der Waals surface area contributed by atoms with Crippen LogP contribution in [0.25, 0.3) is 0 Å². The third-order valence-electron chi connectivity index (χ3n) is 2.54. The van der Waals surface area contributed by atoms with Gasteiger partial charge in [-0.05, 0) is 12.5 Å². The lowest BCUT2D eigenvalue weighted by Gasteiger charge is -2.17. The van der Waals surface area contributed by atoms with Gasteiger partial charge < -0.3 is 10.1 Å². The van der Waals surface area contributed by atoms with Gasteiger partial charge in [0.15, 0.2) is 0 Å². The summed E-state index contributed by atoms with van der Waals surface area (Å²) < 4.78 is 5.04. The number of aromatic nitrogens is 1. The van der Waals surface area contributed by atoms with Crippen LogP contribution in [0.5, 0.6) is 0 Å². The van der Waals surface area contributed by atoms with Gasteiger partial charge in [0, 0.05) is 12.5 Å². The molecule has 0 aromatic carbocycles. The molecule has 1 N–H and O–H groups in total. The maximum Gasteiger partial charge on any atom is 0.305 e. The van der Waals surface area contributed by atoms with Crippen LogP contribution in [0, 0.1) is 10.1 Å². The fraction of sp³-hybridized carbons (Fsp3) is 0.500. The Morgan fingerprint density at radius 2 is 2.26 bits per heavy atom. The van der Waals surface area contributed by atoms with E-state index in [-0.39, 0.29) is 24.3 Å². The first-order valence-corrected chi connectivity index (χ1v) is 6.09. The molecule has 7 heteroatoms. The van der Waals surface area contributed by atoms with Crippen molar-refractivity contribution in [2.24, 2.45) is 0 Å². The molecule has 0 aliphatic heterocycles. The largest absolute Gasteiger partial charge is 0.463 e. The van der Waals surface area contributed by atoms with Gasteiger partial charge in [-0.3, -0.25) is 14.9 Å². The number of rotatable bonds is 7. The van der Waals surface area contributed by atoms with E-state index >= 15 is 0 Å². The topological polar surface area (TPSA) is 94.4 Å². The highest BCUT2D eigenvalue weighted by atomic mass is 16.6. The van der Waals surface area contributed by atoms with E-state index in [1.54, 1.807) is 6.92 Å². The first kappa shape index (κ1) is 14.9. The number of carbonyl (C=O) groups excluding carboxylic acids is 1. The molecule has 0 saturated heterocycles. The van der Waals surface area contributed by atoms with Crippen LogP contribution < -0.4 is 5.32 Å². The molecule has 0 radical (unpaired) electrons. The predicted octanol–water partition coefficient (Wildman–Crippen LogP) is 2.13. The van der Waals surface area contributed by atoms with Crippen molar-refractivity contribution < 1.29 is 14.5 Å². The number of ether oxygens (including phenoxy) is 1. The highest BCUT2D eigenvalue weighted by Gasteiger charge is 2.11. The van der Waals surface area contributed by atoms with Crippen LogP contribution >= 0.6 is 0 Å². The normalized spacial score (nSPS) is 11.7. The van der Waals surface area contributed by atoms with Crippen LogP contribution in [-0.4, -0.2) is 28.5 Å². The summed E-state index contributed by atoms with van der Waals surface area (Å²) in [5, 5.41) is 13.6. The van der Waals surface area contributed by atoms with Crippen molar-refractivity contribution in [1.29, 1.82) is 0 Å². The molecule has 1 atom stereocenters. The van der Waals surface area contributed by atoms with E-state index in [9.17, 15) is 14.9 Å². The number of carbonyl (C=O) groups is 1. The molecule has 0 saturated carbocycles. The molecule has 1 aromatic heterocycles. The molecule has 0 spiro atoms. The SMILES string of the molecule is CCC(=O)OCC(CC)Nc1ccc([N+](=O)[O-])cn1. The quantitative estimate of drug-likeness (QED) is 0.462. The molecule has 1 heterocycles. The van der Waals surface area contributed by atoms with E-state index in [1.807, 2.05) is 6.92 Å². The van der Waals surface area contributed by atoms with E-state index in [4.69, 9.17) is 4.74 Å². The molecule has 0 aliphatic rings. The minimum absolute atomic E-state index is 0.0593. The highest BCUT2D eigenvalue weighted by Crippen LogP contribution is 2.13. The summed E-state index contributed by atoms with van der Waals surface area (Å²) in [5.41, 5.74) is -0.0593. The summed E-state index contributed by atoms with van der Waals surface area (Å²) in [6.07, 6.45) is 2.27. The van der Waals surface area contributed by atoms with Gasteiger partial charge in [-0.15, -0.1) is 0 Å². The van der Waals surface area contributed by atoms with Gasteiger partial charge in [-0.25, -0.2) is 4.98 Å². The van der Waals surface area contributed by atoms with Crippen LogP contribution in [0.2, 0.25) is 0 Å². The predicted molar refractivity (Wildman–Crippen MR) is 69.8 cm³/mol.